The van der Waals surface area contributed by atoms with Gasteiger partial charge in [-0.05, 0) is 51.6 Å². The minimum absolute atomic E-state index is 0.0140. The van der Waals surface area contributed by atoms with Crippen LogP contribution in [0.2, 0.25) is 0 Å². The second-order valence-electron chi connectivity index (χ2n) is 6.73. The number of carbonyl (C=O) groups excluding carboxylic acids is 1. The minimum atomic E-state index is -1.13. The SMILES string of the molecule is CN(C(=O)c1ccc(F)c(Br)c1)C1COCc2[nH]c(=O)c3cc(F)c(F)cc3c21. The molecule has 2 aromatic carbocycles. The number of nitrogens with zero attached hydrogens (tertiary/aromatic N) is 1. The van der Waals surface area contributed by atoms with E-state index in [9.17, 15) is 22.8 Å². The smallest absolute Gasteiger partial charge is 0.256 e. The highest BCUT2D eigenvalue weighted by atomic mass is 79.9. The first-order valence-corrected chi connectivity index (χ1v) is 9.41. The number of rotatable bonds is 2. The van der Waals surface area contributed by atoms with Gasteiger partial charge in [0.1, 0.15) is 5.82 Å². The number of nitrogens with one attached hydrogen (secondary N) is 1. The highest BCUT2D eigenvalue weighted by Crippen LogP contribution is 2.34. The minimum Gasteiger partial charge on any atom is -0.373 e. The molecule has 0 radical (unpaired) electrons. The van der Waals surface area contributed by atoms with Crippen molar-refractivity contribution in [2.75, 3.05) is 13.7 Å². The fraction of sp³-hybridized carbons (Fsp3) is 0.200. The predicted octanol–water partition coefficient (Wildman–Crippen LogP) is 4.05. The standard InChI is InChI=1S/C20H14BrF3N2O3/c1-26(20(28)9-2-3-13(22)12(21)4-9)17-8-29-7-16-18(17)10-5-14(23)15(24)6-11(10)19(27)25-16/h2-6,17H,7-8H2,1H3,(H,25,27). The number of carbonyl (C=O) groups is 1. The number of aromatic amines is 1. The van der Waals surface area contributed by atoms with Gasteiger partial charge in [0.2, 0.25) is 0 Å². The predicted molar refractivity (Wildman–Crippen MR) is 103 cm³/mol. The Morgan fingerprint density at radius 3 is 2.52 bits per heavy atom. The number of hydrogen-bond acceptors (Lipinski definition) is 3. The lowest BCUT2D eigenvalue weighted by atomic mass is 9.95. The maximum absolute atomic E-state index is 13.9. The van der Waals surface area contributed by atoms with Crippen molar-refractivity contribution in [3.63, 3.8) is 0 Å². The second-order valence-corrected chi connectivity index (χ2v) is 7.59. The van der Waals surface area contributed by atoms with E-state index in [2.05, 4.69) is 20.9 Å². The van der Waals surface area contributed by atoms with E-state index in [0.29, 0.717) is 11.3 Å². The van der Waals surface area contributed by atoms with E-state index in [1.54, 1.807) is 0 Å². The number of ether oxygens (including phenoxy) is 1. The number of aromatic nitrogens is 1. The van der Waals surface area contributed by atoms with Gasteiger partial charge in [-0.3, -0.25) is 9.59 Å². The number of amides is 1. The largest absolute Gasteiger partial charge is 0.373 e. The van der Waals surface area contributed by atoms with Gasteiger partial charge in [-0.15, -0.1) is 0 Å². The molecule has 0 saturated carbocycles. The van der Waals surface area contributed by atoms with Gasteiger partial charge in [-0.25, -0.2) is 13.2 Å². The summed E-state index contributed by atoms with van der Waals surface area (Å²) in [5, 5.41) is 0.204. The summed E-state index contributed by atoms with van der Waals surface area (Å²) < 4.78 is 46.8. The van der Waals surface area contributed by atoms with Gasteiger partial charge in [0, 0.05) is 23.9 Å². The third-order valence-corrected chi connectivity index (χ3v) is 5.60. The Bertz CT molecular complexity index is 1210. The Labute approximate surface area is 171 Å². The van der Waals surface area contributed by atoms with Crippen LogP contribution in [0.1, 0.15) is 27.7 Å². The van der Waals surface area contributed by atoms with E-state index < -0.39 is 35.0 Å². The lowest BCUT2D eigenvalue weighted by molar-refractivity contribution is 0.0335. The zero-order valence-electron chi connectivity index (χ0n) is 15.1. The summed E-state index contributed by atoms with van der Waals surface area (Å²) in [7, 11) is 1.53. The number of pyridine rings is 1. The van der Waals surface area contributed by atoms with Crippen molar-refractivity contribution in [3.05, 3.63) is 79.4 Å². The molecule has 1 aromatic heterocycles. The Balaban J connectivity index is 1.84. The van der Waals surface area contributed by atoms with Crippen molar-refractivity contribution in [1.82, 2.24) is 9.88 Å². The molecule has 1 amide bonds. The Morgan fingerprint density at radius 1 is 1.14 bits per heavy atom. The average molecular weight is 467 g/mol. The fourth-order valence-corrected chi connectivity index (χ4v) is 3.90. The zero-order chi connectivity index (χ0) is 20.9. The maximum Gasteiger partial charge on any atom is 0.256 e. The van der Waals surface area contributed by atoms with Crippen molar-refractivity contribution >= 4 is 32.6 Å². The van der Waals surface area contributed by atoms with Crippen LogP contribution < -0.4 is 5.56 Å². The van der Waals surface area contributed by atoms with E-state index in [-0.39, 0.29) is 34.0 Å². The molecule has 9 heteroatoms. The summed E-state index contributed by atoms with van der Waals surface area (Å²) in [6, 6.07) is 5.02. The normalized spacial score (nSPS) is 16.0. The molecule has 5 nitrogen and oxygen atoms in total. The number of hydrogen-bond donors (Lipinski definition) is 1. The van der Waals surface area contributed by atoms with Crippen molar-refractivity contribution in [1.29, 1.82) is 0 Å². The lowest BCUT2D eigenvalue weighted by Gasteiger charge is -2.34. The number of halogens is 4. The molecule has 1 atom stereocenters. The second kappa shape index (κ2) is 7.31. The molecule has 0 aliphatic carbocycles. The van der Waals surface area contributed by atoms with E-state index in [4.69, 9.17) is 4.74 Å². The molecule has 150 valence electrons. The van der Waals surface area contributed by atoms with Gasteiger partial charge in [-0.1, -0.05) is 0 Å². The summed E-state index contributed by atoms with van der Waals surface area (Å²) >= 11 is 3.05. The van der Waals surface area contributed by atoms with Crippen molar-refractivity contribution < 1.29 is 22.7 Å². The fourth-order valence-electron chi connectivity index (χ4n) is 3.52. The van der Waals surface area contributed by atoms with Crippen LogP contribution in [0.5, 0.6) is 0 Å². The van der Waals surface area contributed by atoms with Crippen molar-refractivity contribution in [2.45, 2.75) is 12.6 Å². The molecule has 1 aliphatic rings. The third-order valence-electron chi connectivity index (χ3n) is 4.99. The monoisotopic (exact) mass is 466 g/mol. The van der Waals surface area contributed by atoms with Crippen LogP contribution in [-0.4, -0.2) is 29.4 Å². The van der Waals surface area contributed by atoms with E-state index in [1.165, 1.54) is 30.1 Å². The molecular formula is C20H14BrF3N2O3. The molecular weight excluding hydrogens is 453 g/mol. The first-order chi connectivity index (χ1) is 13.8. The van der Waals surface area contributed by atoms with Crippen LogP contribution in [-0.2, 0) is 11.3 Å². The van der Waals surface area contributed by atoms with Gasteiger partial charge in [-0.2, -0.15) is 0 Å². The Kier molecular flexibility index (Phi) is 4.95. The van der Waals surface area contributed by atoms with Crippen LogP contribution in [0.3, 0.4) is 0 Å². The van der Waals surface area contributed by atoms with Gasteiger partial charge in [0.25, 0.3) is 11.5 Å². The zero-order valence-corrected chi connectivity index (χ0v) is 16.6. The first-order valence-electron chi connectivity index (χ1n) is 8.61. The first kappa shape index (κ1) is 19.7. The van der Waals surface area contributed by atoms with Crippen LogP contribution in [0, 0.1) is 17.5 Å². The molecule has 29 heavy (non-hydrogen) atoms. The van der Waals surface area contributed by atoms with Crippen LogP contribution in [0.25, 0.3) is 10.8 Å². The number of likely N-dealkylation sites (N-methyl/N-ethyl adjacent to an activating group) is 1. The van der Waals surface area contributed by atoms with Crippen LogP contribution in [0.4, 0.5) is 13.2 Å². The van der Waals surface area contributed by atoms with Crippen LogP contribution >= 0.6 is 15.9 Å². The van der Waals surface area contributed by atoms with Gasteiger partial charge >= 0.3 is 0 Å². The van der Waals surface area contributed by atoms with Gasteiger partial charge in [0.05, 0.1) is 29.1 Å². The Hall–Kier alpha value is -2.65. The molecule has 1 unspecified atom stereocenters. The quantitative estimate of drug-likeness (QED) is 0.619. The molecule has 0 bridgehead atoms. The molecule has 2 heterocycles. The summed E-state index contributed by atoms with van der Waals surface area (Å²) in [4.78, 5) is 29.3. The summed E-state index contributed by atoms with van der Waals surface area (Å²) in [5.74, 6) is -3.15. The van der Waals surface area contributed by atoms with Crippen molar-refractivity contribution in [3.8, 4) is 0 Å². The highest BCUT2D eigenvalue weighted by Gasteiger charge is 2.31. The number of fused-ring (bicyclic) bond motifs is 3. The van der Waals surface area contributed by atoms with Crippen LogP contribution in [0.15, 0.2) is 39.6 Å². The topological polar surface area (TPSA) is 62.4 Å². The van der Waals surface area contributed by atoms with Crippen molar-refractivity contribution in [2.24, 2.45) is 0 Å². The van der Waals surface area contributed by atoms with Gasteiger partial charge in [0.15, 0.2) is 11.6 Å². The third kappa shape index (κ3) is 3.34. The molecule has 0 spiro atoms. The molecule has 3 aromatic rings. The Morgan fingerprint density at radius 2 is 1.83 bits per heavy atom. The summed E-state index contributed by atoms with van der Waals surface area (Å²) in [5.41, 5.74) is 0.545. The molecule has 1 aliphatic heterocycles. The number of H-pyrrole nitrogens is 1. The maximum atomic E-state index is 13.9. The van der Waals surface area contributed by atoms with E-state index >= 15 is 0 Å². The molecule has 0 saturated heterocycles. The molecule has 4 rings (SSSR count). The highest BCUT2D eigenvalue weighted by molar-refractivity contribution is 9.10. The van der Waals surface area contributed by atoms with E-state index in [0.717, 1.165) is 12.1 Å². The molecule has 0 fully saturated rings. The average Bonchev–Trinajstić information content (AvgIpc) is 2.70. The molecule has 1 N–H and O–H groups in total. The lowest BCUT2D eigenvalue weighted by Crippen LogP contribution is -2.37. The van der Waals surface area contributed by atoms with E-state index in [1.807, 2.05) is 0 Å². The summed E-state index contributed by atoms with van der Waals surface area (Å²) in [6.45, 7) is 0.165. The number of benzene rings is 2. The van der Waals surface area contributed by atoms with Gasteiger partial charge < -0.3 is 14.6 Å². The summed E-state index contributed by atoms with van der Waals surface area (Å²) in [6.07, 6.45) is 0.